The van der Waals surface area contributed by atoms with Crippen molar-refractivity contribution in [3.05, 3.63) is 0 Å². The Hall–Kier alpha value is -1.30. The highest BCUT2D eigenvalue weighted by Gasteiger charge is 2.17. The third-order valence-electron chi connectivity index (χ3n) is 2.61. The molecule has 1 aliphatic heterocycles. The maximum Gasteiger partial charge on any atom is 0.325 e. The minimum atomic E-state index is -1.04. The fourth-order valence-corrected chi connectivity index (χ4v) is 1.50. The number of carbonyl (C=O) groups excluding carboxylic acids is 1. The summed E-state index contributed by atoms with van der Waals surface area (Å²) in [4.78, 5) is 21.8. The van der Waals surface area contributed by atoms with Crippen LogP contribution in [0.3, 0.4) is 0 Å². The number of carboxylic acids is 1. The molecule has 1 rings (SSSR count). The monoisotopic (exact) mass is 230 g/mol. The second-order valence-corrected chi connectivity index (χ2v) is 3.97. The molecule has 0 saturated carbocycles. The van der Waals surface area contributed by atoms with Gasteiger partial charge in [0.05, 0.1) is 0 Å². The number of ether oxygens (including phenoxy) is 1. The molecule has 1 fully saturated rings. The maximum atomic E-state index is 11.3. The number of amides is 2. The Bertz CT molecular complexity index is 251. The van der Waals surface area contributed by atoms with E-state index in [9.17, 15) is 9.59 Å². The van der Waals surface area contributed by atoms with Crippen molar-refractivity contribution in [3.63, 3.8) is 0 Å². The first-order chi connectivity index (χ1) is 7.59. The predicted molar refractivity (Wildman–Crippen MR) is 57.2 cm³/mol. The van der Waals surface area contributed by atoms with Crippen LogP contribution in [0.15, 0.2) is 0 Å². The maximum absolute atomic E-state index is 11.3. The number of hydrogen-bond acceptors (Lipinski definition) is 3. The highest BCUT2D eigenvalue weighted by molar-refractivity contribution is 5.82. The predicted octanol–water partition coefficient (Wildman–Crippen LogP) is 0.185. The van der Waals surface area contributed by atoms with Gasteiger partial charge in [-0.25, -0.2) is 4.79 Å². The van der Waals surface area contributed by atoms with E-state index in [1.54, 1.807) is 0 Å². The van der Waals surface area contributed by atoms with Crippen LogP contribution in [0.1, 0.15) is 19.8 Å². The third-order valence-corrected chi connectivity index (χ3v) is 2.61. The SMILES string of the molecule is C[C@H](NC(=O)NCC1CCOCC1)C(=O)O. The van der Waals surface area contributed by atoms with E-state index in [2.05, 4.69) is 10.6 Å². The Balaban J connectivity index is 2.16. The minimum Gasteiger partial charge on any atom is -0.480 e. The van der Waals surface area contributed by atoms with E-state index in [0.717, 1.165) is 26.1 Å². The zero-order valence-electron chi connectivity index (χ0n) is 9.36. The van der Waals surface area contributed by atoms with Crippen LogP contribution in [0.5, 0.6) is 0 Å². The van der Waals surface area contributed by atoms with E-state index < -0.39 is 18.0 Å². The summed E-state index contributed by atoms with van der Waals surface area (Å²) in [5.41, 5.74) is 0. The lowest BCUT2D eigenvalue weighted by atomic mass is 10.0. The zero-order valence-corrected chi connectivity index (χ0v) is 9.36. The molecular weight excluding hydrogens is 212 g/mol. The van der Waals surface area contributed by atoms with Crippen molar-refractivity contribution in [2.75, 3.05) is 19.8 Å². The smallest absolute Gasteiger partial charge is 0.325 e. The molecule has 1 aliphatic rings. The summed E-state index contributed by atoms with van der Waals surface area (Å²) in [7, 11) is 0. The molecule has 0 spiro atoms. The molecule has 3 N–H and O–H groups in total. The van der Waals surface area contributed by atoms with Crippen LogP contribution in [0.25, 0.3) is 0 Å². The van der Waals surface area contributed by atoms with E-state index in [0.29, 0.717) is 12.5 Å². The van der Waals surface area contributed by atoms with Crippen molar-refractivity contribution >= 4 is 12.0 Å². The number of rotatable bonds is 4. The summed E-state index contributed by atoms with van der Waals surface area (Å²) in [6.45, 7) is 3.47. The van der Waals surface area contributed by atoms with Crippen LogP contribution in [-0.2, 0) is 9.53 Å². The van der Waals surface area contributed by atoms with Gasteiger partial charge in [-0.3, -0.25) is 4.79 Å². The van der Waals surface area contributed by atoms with Gasteiger partial charge < -0.3 is 20.5 Å². The van der Waals surface area contributed by atoms with Crippen LogP contribution in [0, 0.1) is 5.92 Å². The molecule has 1 atom stereocenters. The van der Waals surface area contributed by atoms with Crippen LogP contribution < -0.4 is 10.6 Å². The topological polar surface area (TPSA) is 87.7 Å². The normalized spacial score (nSPS) is 18.8. The minimum absolute atomic E-state index is 0.429. The van der Waals surface area contributed by atoms with E-state index in [1.165, 1.54) is 6.92 Å². The Morgan fingerprint density at radius 3 is 2.62 bits per heavy atom. The lowest BCUT2D eigenvalue weighted by Gasteiger charge is -2.22. The first-order valence-electron chi connectivity index (χ1n) is 5.44. The molecule has 16 heavy (non-hydrogen) atoms. The number of nitrogens with one attached hydrogen (secondary N) is 2. The Morgan fingerprint density at radius 2 is 2.06 bits per heavy atom. The highest BCUT2D eigenvalue weighted by Crippen LogP contribution is 2.12. The lowest BCUT2D eigenvalue weighted by Crippen LogP contribution is -2.45. The largest absolute Gasteiger partial charge is 0.480 e. The van der Waals surface area contributed by atoms with Crippen molar-refractivity contribution in [3.8, 4) is 0 Å². The van der Waals surface area contributed by atoms with Gasteiger partial charge in [0, 0.05) is 19.8 Å². The van der Waals surface area contributed by atoms with Crippen molar-refractivity contribution in [2.24, 2.45) is 5.92 Å². The second kappa shape index (κ2) is 6.32. The van der Waals surface area contributed by atoms with Gasteiger partial charge in [0.1, 0.15) is 6.04 Å². The molecule has 0 unspecified atom stereocenters. The van der Waals surface area contributed by atoms with Gasteiger partial charge in [-0.2, -0.15) is 0 Å². The zero-order chi connectivity index (χ0) is 12.0. The fraction of sp³-hybridized carbons (Fsp3) is 0.800. The van der Waals surface area contributed by atoms with Crippen LogP contribution in [0.4, 0.5) is 4.79 Å². The van der Waals surface area contributed by atoms with Gasteiger partial charge in [-0.15, -0.1) is 0 Å². The third kappa shape index (κ3) is 4.48. The van der Waals surface area contributed by atoms with Crippen LogP contribution >= 0.6 is 0 Å². The molecule has 2 amide bonds. The molecular formula is C10H18N2O4. The number of hydrogen-bond donors (Lipinski definition) is 3. The fourth-order valence-electron chi connectivity index (χ4n) is 1.50. The molecule has 6 nitrogen and oxygen atoms in total. The molecule has 0 aromatic carbocycles. The number of aliphatic carboxylic acids is 1. The van der Waals surface area contributed by atoms with Gasteiger partial charge in [0.25, 0.3) is 0 Å². The number of carbonyl (C=O) groups is 2. The number of urea groups is 1. The summed E-state index contributed by atoms with van der Waals surface area (Å²) < 4.78 is 5.20. The molecule has 0 bridgehead atoms. The van der Waals surface area contributed by atoms with Crippen LogP contribution in [0.2, 0.25) is 0 Å². The highest BCUT2D eigenvalue weighted by atomic mass is 16.5. The van der Waals surface area contributed by atoms with Gasteiger partial charge in [0.15, 0.2) is 0 Å². The van der Waals surface area contributed by atoms with Gasteiger partial charge in [-0.1, -0.05) is 0 Å². The summed E-state index contributed by atoms with van der Waals surface area (Å²) in [6.07, 6.45) is 1.88. The summed E-state index contributed by atoms with van der Waals surface area (Å²) >= 11 is 0. The molecule has 0 aliphatic carbocycles. The molecule has 1 heterocycles. The molecule has 0 aromatic rings. The quantitative estimate of drug-likeness (QED) is 0.643. The number of carboxylic acid groups (broad SMARTS) is 1. The van der Waals surface area contributed by atoms with Gasteiger partial charge in [0.2, 0.25) is 0 Å². The summed E-state index contributed by atoms with van der Waals surface area (Å²) in [5, 5.41) is 13.6. The first kappa shape index (κ1) is 12.8. The molecule has 0 radical (unpaired) electrons. The van der Waals surface area contributed by atoms with Crippen molar-refractivity contribution in [2.45, 2.75) is 25.8 Å². The second-order valence-electron chi connectivity index (χ2n) is 3.97. The first-order valence-corrected chi connectivity index (χ1v) is 5.44. The average molecular weight is 230 g/mol. The summed E-state index contributed by atoms with van der Waals surface area (Å²) in [5.74, 6) is -0.610. The average Bonchev–Trinajstić information content (AvgIpc) is 2.27. The molecule has 6 heteroatoms. The van der Waals surface area contributed by atoms with E-state index >= 15 is 0 Å². The molecule has 0 aromatic heterocycles. The van der Waals surface area contributed by atoms with E-state index in [1.807, 2.05) is 0 Å². The van der Waals surface area contributed by atoms with E-state index in [-0.39, 0.29) is 0 Å². The Labute approximate surface area is 94.3 Å². The van der Waals surface area contributed by atoms with Crippen LogP contribution in [-0.4, -0.2) is 42.9 Å². The van der Waals surface area contributed by atoms with Crippen molar-refractivity contribution < 1.29 is 19.4 Å². The van der Waals surface area contributed by atoms with E-state index in [4.69, 9.17) is 9.84 Å². The van der Waals surface area contributed by atoms with Gasteiger partial charge in [-0.05, 0) is 25.7 Å². The van der Waals surface area contributed by atoms with Crippen molar-refractivity contribution in [1.82, 2.24) is 10.6 Å². The lowest BCUT2D eigenvalue weighted by molar-refractivity contribution is -0.138. The Morgan fingerprint density at radius 1 is 1.44 bits per heavy atom. The summed E-state index contributed by atoms with van der Waals surface area (Å²) in [6, 6.07) is -1.30. The molecule has 92 valence electrons. The standard InChI is InChI=1S/C10H18N2O4/c1-7(9(13)14)12-10(15)11-6-8-2-4-16-5-3-8/h7-8H,2-6H2,1H3,(H,13,14)(H2,11,12,15)/t7-/m0/s1. The molecule has 1 saturated heterocycles. The van der Waals surface area contributed by atoms with Crippen molar-refractivity contribution in [1.29, 1.82) is 0 Å². The van der Waals surface area contributed by atoms with Gasteiger partial charge >= 0.3 is 12.0 Å². The Kier molecular flexibility index (Phi) is 5.04.